The molecule has 5 nitrogen and oxygen atoms in total. The summed E-state index contributed by atoms with van der Waals surface area (Å²) >= 11 is 6.08. The first-order valence-corrected chi connectivity index (χ1v) is 9.23. The maximum Gasteiger partial charge on any atom is 0.194 e. The van der Waals surface area contributed by atoms with Gasteiger partial charge in [-0.1, -0.05) is 54.1 Å². The summed E-state index contributed by atoms with van der Waals surface area (Å²) in [7, 11) is 3.79. The van der Waals surface area contributed by atoms with Crippen molar-refractivity contribution in [2.45, 2.75) is 19.6 Å². The van der Waals surface area contributed by atoms with E-state index in [0.29, 0.717) is 6.54 Å². The summed E-state index contributed by atoms with van der Waals surface area (Å²) in [6.07, 6.45) is 3.83. The summed E-state index contributed by atoms with van der Waals surface area (Å²) in [5.74, 6) is 1.78. The van der Waals surface area contributed by atoms with Gasteiger partial charge in [-0.3, -0.25) is 4.99 Å². The van der Waals surface area contributed by atoms with Crippen LogP contribution < -0.4 is 5.32 Å². The summed E-state index contributed by atoms with van der Waals surface area (Å²) in [4.78, 5) is 10.9. The van der Waals surface area contributed by atoms with Gasteiger partial charge in [0, 0.05) is 44.6 Å². The largest absolute Gasteiger partial charge is 0.349 e. The molecule has 0 radical (unpaired) electrons. The molecule has 0 spiro atoms. The van der Waals surface area contributed by atoms with E-state index in [1.165, 1.54) is 5.56 Å². The van der Waals surface area contributed by atoms with E-state index in [4.69, 9.17) is 11.6 Å². The molecule has 1 N–H and O–H groups in total. The van der Waals surface area contributed by atoms with Crippen LogP contribution in [0.5, 0.6) is 0 Å². The normalized spacial score (nSPS) is 11.4. The molecule has 3 rings (SSSR count). The van der Waals surface area contributed by atoms with Crippen molar-refractivity contribution >= 4 is 17.6 Å². The van der Waals surface area contributed by atoms with E-state index in [9.17, 15) is 0 Å². The number of aliphatic imine (C=N–C) groups is 1. The van der Waals surface area contributed by atoms with Gasteiger partial charge in [0.2, 0.25) is 0 Å². The lowest BCUT2D eigenvalue weighted by Crippen LogP contribution is -2.38. The molecule has 0 amide bonds. The second kappa shape index (κ2) is 9.24. The molecule has 0 unspecified atom stereocenters. The Morgan fingerprint density at radius 3 is 2.67 bits per heavy atom. The molecular formula is C21H24ClN5. The van der Waals surface area contributed by atoms with Gasteiger partial charge < -0.3 is 14.8 Å². The van der Waals surface area contributed by atoms with Gasteiger partial charge in [-0.2, -0.15) is 0 Å². The summed E-state index contributed by atoms with van der Waals surface area (Å²) in [6, 6.07) is 18.2. The van der Waals surface area contributed by atoms with Crippen molar-refractivity contribution in [1.82, 2.24) is 19.8 Å². The minimum Gasteiger partial charge on any atom is -0.349 e. The van der Waals surface area contributed by atoms with E-state index in [2.05, 4.69) is 55.1 Å². The predicted molar refractivity (Wildman–Crippen MR) is 111 cm³/mol. The molecule has 0 fully saturated rings. The second-order valence-corrected chi connectivity index (χ2v) is 6.78. The molecule has 0 bridgehead atoms. The highest BCUT2D eigenvalue weighted by Gasteiger charge is 2.09. The van der Waals surface area contributed by atoms with Gasteiger partial charge in [0.25, 0.3) is 0 Å². The number of hydrogen-bond acceptors (Lipinski definition) is 2. The number of nitrogens with one attached hydrogen (secondary N) is 1. The van der Waals surface area contributed by atoms with Gasteiger partial charge >= 0.3 is 0 Å². The van der Waals surface area contributed by atoms with Gasteiger partial charge in [0.1, 0.15) is 5.82 Å². The van der Waals surface area contributed by atoms with Crippen LogP contribution in [-0.2, 0) is 19.6 Å². The monoisotopic (exact) mass is 381 g/mol. The Kier molecular flexibility index (Phi) is 6.49. The summed E-state index contributed by atoms with van der Waals surface area (Å²) in [5.41, 5.74) is 2.39. The molecular weight excluding hydrogens is 358 g/mol. The fraction of sp³-hybridized carbons (Fsp3) is 0.238. The standard InChI is InChI=1S/C21H24ClN5/c1-23-21(26(2)15-18-9-6-10-19(22)13-18)25-14-20-24-11-12-27(20)16-17-7-4-3-5-8-17/h3-13H,14-16H2,1-2H3,(H,23,25). The van der Waals surface area contributed by atoms with Crippen LogP contribution in [0, 0.1) is 0 Å². The smallest absolute Gasteiger partial charge is 0.194 e. The topological polar surface area (TPSA) is 45.5 Å². The summed E-state index contributed by atoms with van der Waals surface area (Å²) < 4.78 is 2.15. The van der Waals surface area contributed by atoms with Crippen LogP contribution in [-0.4, -0.2) is 34.5 Å². The number of guanidine groups is 1. The van der Waals surface area contributed by atoms with Crippen molar-refractivity contribution in [2.75, 3.05) is 14.1 Å². The molecule has 0 atom stereocenters. The molecule has 0 saturated heterocycles. The third-order valence-corrected chi connectivity index (χ3v) is 4.52. The zero-order valence-electron chi connectivity index (χ0n) is 15.6. The summed E-state index contributed by atoms with van der Waals surface area (Å²) in [6.45, 7) is 2.12. The molecule has 3 aromatic rings. The lowest BCUT2D eigenvalue weighted by Gasteiger charge is -2.22. The third kappa shape index (κ3) is 5.34. The number of hydrogen-bond donors (Lipinski definition) is 1. The predicted octanol–water partition coefficient (Wildman–Crippen LogP) is 3.79. The Morgan fingerprint density at radius 2 is 1.93 bits per heavy atom. The van der Waals surface area contributed by atoms with Gasteiger partial charge in [0.05, 0.1) is 6.54 Å². The van der Waals surface area contributed by atoms with Crippen molar-refractivity contribution in [3.63, 3.8) is 0 Å². The quantitative estimate of drug-likeness (QED) is 0.522. The molecule has 27 heavy (non-hydrogen) atoms. The van der Waals surface area contributed by atoms with Crippen molar-refractivity contribution in [3.05, 3.63) is 89.0 Å². The number of nitrogens with zero attached hydrogens (tertiary/aromatic N) is 4. The molecule has 1 aromatic heterocycles. The molecule has 140 valence electrons. The van der Waals surface area contributed by atoms with Crippen LogP contribution >= 0.6 is 11.6 Å². The SMILES string of the molecule is CN=C(NCc1nccn1Cc1ccccc1)N(C)Cc1cccc(Cl)c1. The van der Waals surface area contributed by atoms with Gasteiger partial charge in [-0.05, 0) is 23.3 Å². The zero-order valence-corrected chi connectivity index (χ0v) is 16.4. The first-order valence-electron chi connectivity index (χ1n) is 8.86. The minimum absolute atomic E-state index is 0.604. The van der Waals surface area contributed by atoms with Gasteiger partial charge in [-0.25, -0.2) is 4.98 Å². The van der Waals surface area contributed by atoms with Crippen molar-refractivity contribution < 1.29 is 0 Å². The molecule has 6 heteroatoms. The Bertz CT molecular complexity index is 888. The molecule has 0 aliphatic carbocycles. The number of aromatic nitrogens is 2. The fourth-order valence-electron chi connectivity index (χ4n) is 2.96. The van der Waals surface area contributed by atoms with E-state index < -0.39 is 0 Å². The zero-order chi connectivity index (χ0) is 19.1. The van der Waals surface area contributed by atoms with E-state index in [1.807, 2.05) is 43.7 Å². The number of benzene rings is 2. The maximum atomic E-state index is 6.08. The first kappa shape index (κ1) is 19.0. The third-order valence-electron chi connectivity index (χ3n) is 4.28. The first-order chi connectivity index (χ1) is 13.2. The Morgan fingerprint density at radius 1 is 1.15 bits per heavy atom. The van der Waals surface area contributed by atoms with Crippen LogP contribution in [0.25, 0.3) is 0 Å². The number of halogens is 1. The lowest BCUT2D eigenvalue weighted by molar-refractivity contribution is 0.474. The van der Waals surface area contributed by atoms with E-state index in [-0.39, 0.29) is 0 Å². The Labute approximate surface area is 165 Å². The van der Waals surface area contributed by atoms with Gasteiger partial charge in [-0.15, -0.1) is 0 Å². The maximum absolute atomic E-state index is 6.08. The minimum atomic E-state index is 0.604. The highest BCUT2D eigenvalue weighted by atomic mass is 35.5. The molecule has 1 heterocycles. The molecule has 0 aliphatic rings. The van der Waals surface area contributed by atoms with Crippen LogP contribution in [0.15, 0.2) is 72.0 Å². The molecule has 0 saturated carbocycles. The van der Waals surface area contributed by atoms with E-state index in [0.717, 1.165) is 35.5 Å². The van der Waals surface area contributed by atoms with Crippen LogP contribution in [0.3, 0.4) is 0 Å². The van der Waals surface area contributed by atoms with E-state index >= 15 is 0 Å². The van der Waals surface area contributed by atoms with Crippen molar-refractivity contribution in [3.8, 4) is 0 Å². The molecule has 2 aromatic carbocycles. The number of imidazole rings is 1. The fourth-order valence-corrected chi connectivity index (χ4v) is 3.17. The van der Waals surface area contributed by atoms with Crippen molar-refractivity contribution in [1.29, 1.82) is 0 Å². The lowest BCUT2D eigenvalue weighted by atomic mass is 10.2. The van der Waals surface area contributed by atoms with Crippen LogP contribution in [0.1, 0.15) is 17.0 Å². The Hall–Kier alpha value is -2.79. The Balaban J connectivity index is 1.61. The van der Waals surface area contributed by atoms with Crippen molar-refractivity contribution in [2.24, 2.45) is 4.99 Å². The highest BCUT2D eigenvalue weighted by Crippen LogP contribution is 2.12. The van der Waals surface area contributed by atoms with Gasteiger partial charge in [0.15, 0.2) is 5.96 Å². The average molecular weight is 382 g/mol. The average Bonchev–Trinajstić information content (AvgIpc) is 3.10. The number of rotatable bonds is 6. The molecule has 0 aliphatic heterocycles. The highest BCUT2D eigenvalue weighted by molar-refractivity contribution is 6.30. The van der Waals surface area contributed by atoms with Crippen LogP contribution in [0.4, 0.5) is 0 Å². The summed E-state index contributed by atoms with van der Waals surface area (Å²) in [5, 5.41) is 4.13. The van der Waals surface area contributed by atoms with Crippen LogP contribution in [0.2, 0.25) is 5.02 Å². The second-order valence-electron chi connectivity index (χ2n) is 6.34. The van der Waals surface area contributed by atoms with E-state index in [1.54, 1.807) is 7.05 Å².